The Kier molecular flexibility index (Phi) is 3.35. The number of nitrogens with zero attached hydrogens (tertiary/aromatic N) is 2. The molecule has 4 rings (SSSR count). The van der Waals surface area contributed by atoms with Gasteiger partial charge in [0.15, 0.2) is 0 Å². The average molecular weight is 302 g/mol. The predicted molar refractivity (Wildman–Crippen MR) is 92.9 cm³/mol. The summed E-state index contributed by atoms with van der Waals surface area (Å²) in [5, 5.41) is 4.87. The van der Waals surface area contributed by atoms with Crippen LogP contribution in [0.2, 0.25) is 0 Å². The van der Waals surface area contributed by atoms with Crippen molar-refractivity contribution in [2.45, 2.75) is 13.5 Å². The van der Waals surface area contributed by atoms with Crippen molar-refractivity contribution in [3.63, 3.8) is 0 Å². The molecule has 23 heavy (non-hydrogen) atoms. The first kappa shape index (κ1) is 13.6. The van der Waals surface area contributed by atoms with E-state index in [0.717, 1.165) is 34.9 Å². The van der Waals surface area contributed by atoms with Crippen LogP contribution in [0.5, 0.6) is 0 Å². The van der Waals surface area contributed by atoms with Crippen LogP contribution in [0.15, 0.2) is 67.0 Å². The highest BCUT2D eigenvalue weighted by Gasteiger charge is 2.22. The summed E-state index contributed by atoms with van der Waals surface area (Å²) in [4.78, 5) is 6.62. The number of hydrogen-bond acceptors (Lipinski definition) is 1. The van der Waals surface area contributed by atoms with E-state index in [9.17, 15) is 0 Å². The Morgan fingerprint density at radius 3 is 2.17 bits per heavy atom. The molecule has 114 valence electrons. The molecule has 0 bridgehead atoms. The van der Waals surface area contributed by atoms with E-state index in [4.69, 9.17) is 5.10 Å². The predicted octanol–water partition coefficient (Wildman–Crippen LogP) is 4.56. The molecule has 0 aliphatic heterocycles. The van der Waals surface area contributed by atoms with E-state index in [1.807, 2.05) is 30.6 Å². The lowest BCUT2D eigenvalue weighted by Crippen LogP contribution is -1.99. The number of aromatic nitrogens is 4. The van der Waals surface area contributed by atoms with Crippen LogP contribution in [0.25, 0.3) is 33.9 Å². The molecule has 4 nitrogen and oxygen atoms in total. The molecule has 0 saturated carbocycles. The molecule has 0 amide bonds. The highest BCUT2D eigenvalue weighted by atomic mass is 15.3. The monoisotopic (exact) mass is 302 g/mol. The van der Waals surface area contributed by atoms with Crippen molar-refractivity contribution in [3.05, 3.63) is 67.0 Å². The molecule has 3 aromatic heterocycles. The van der Waals surface area contributed by atoms with Gasteiger partial charge in [0.1, 0.15) is 5.69 Å². The number of H-pyrrole nitrogens is 2. The van der Waals surface area contributed by atoms with Crippen LogP contribution in [0, 0.1) is 0 Å². The maximum atomic E-state index is 4.87. The molecule has 0 fully saturated rings. The number of benzene rings is 1. The van der Waals surface area contributed by atoms with Gasteiger partial charge >= 0.3 is 0 Å². The minimum atomic E-state index is 0.818. The molecule has 0 radical (unpaired) electrons. The fraction of sp³-hybridized carbons (Fsp3) is 0.105. The highest BCUT2D eigenvalue weighted by Crippen LogP contribution is 2.38. The Morgan fingerprint density at radius 1 is 0.870 bits per heavy atom. The second-order valence-electron chi connectivity index (χ2n) is 5.42. The van der Waals surface area contributed by atoms with Gasteiger partial charge in [-0.05, 0) is 31.2 Å². The van der Waals surface area contributed by atoms with E-state index in [1.165, 1.54) is 5.56 Å². The van der Waals surface area contributed by atoms with Crippen LogP contribution in [-0.2, 0) is 6.54 Å². The fourth-order valence-corrected chi connectivity index (χ4v) is 2.99. The number of aromatic amines is 2. The molecule has 4 aromatic rings. The van der Waals surface area contributed by atoms with Crippen LogP contribution < -0.4 is 0 Å². The number of aryl methyl sites for hydroxylation is 1. The van der Waals surface area contributed by atoms with Gasteiger partial charge in [-0.15, -0.1) is 0 Å². The van der Waals surface area contributed by atoms with E-state index in [1.54, 1.807) is 0 Å². The number of rotatable bonds is 4. The number of nitrogens with one attached hydrogen (secondary N) is 2. The van der Waals surface area contributed by atoms with Crippen molar-refractivity contribution in [3.8, 4) is 33.9 Å². The van der Waals surface area contributed by atoms with Crippen molar-refractivity contribution >= 4 is 0 Å². The molecule has 0 spiro atoms. The zero-order chi connectivity index (χ0) is 15.6. The van der Waals surface area contributed by atoms with Crippen LogP contribution in [0.3, 0.4) is 0 Å². The van der Waals surface area contributed by atoms with E-state index in [0.29, 0.717) is 0 Å². The molecule has 0 saturated heterocycles. The van der Waals surface area contributed by atoms with E-state index >= 15 is 0 Å². The maximum Gasteiger partial charge on any atom is 0.118 e. The lowest BCUT2D eigenvalue weighted by atomic mass is 10.0. The Bertz CT molecular complexity index is 885. The molecule has 0 atom stereocenters. The zero-order valence-electron chi connectivity index (χ0n) is 13.0. The summed E-state index contributed by atoms with van der Waals surface area (Å²) in [6.07, 6.45) is 3.88. The van der Waals surface area contributed by atoms with Gasteiger partial charge in [-0.1, -0.05) is 30.3 Å². The number of hydrogen-bond donors (Lipinski definition) is 2. The quantitative estimate of drug-likeness (QED) is 0.570. The summed E-state index contributed by atoms with van der Waals surface area (Å²) in [5.74, 6) is 0. The second-order valence-corrected chi connectivity index (χ2v) is 5.42. The average Bonchev–Trinajstić information content (AvgIpc) is 3.33. The molecule has 1 aromatic carbocycles. The molecule has 2 N–H and O–H groups in total. The van der Waals surface area contributed by atoms with Crippen LogP contribution in [0.4, 0.5) is 0 Å². The highest BCUT2D eigenvalue weighted by molar-refractivity contribution is 5.89. The minimum Gasteiger partial charge on any atom is -0.361 e. The Balaban J connectivity index is 2.04. The largest absolute Gasteiger partial charge is 0.361 e. The Labute approximate surface area is 134 Å². The van der Waals surface area contributed by atoms with Crippen molar-refractivity contribution in [2.75, 3.05) is 0 Å². The Morgan fingerprint density at radius 2 is 1.57 bits per heavy atom. The van der Waals surface area contributed by atoms with Gasteiger partial charge in [-0.3, -0.25) is 4.68 Å². The Hall–Kier alpha value is -3.01. The van der Waals surface area contributed by atoms with Gasteiger partial charge < -0.3 is 9.97 Å². The zero-order valence-corrected chi connectivity index (χ0v) is 13.0. The molecular weight excluding hydrogens is 284 g/mol. The third-order valence-electron chi connectivity index (χ3n) is 4.02. The summed E-state index contributed by atoms with van der Waals surface area (Å²) in [6, 6.07) is 18.6. The van der Waals surface area contributed by atoms with E-state index in [2.05, 4.69) is 58.0 Å². The van der Waals surface area contributed by atoms with Gasteiger partial charge in [0.05, 0.1) is 17.0 Å². The fourth-order valence-electron chi connectivity index (χ4n) is 2.99. The summed E-state index contributed by atoms with van der Waals surface area (Å²) in [7, 11) is 0. The van der Waals surface area contributed by atoms with Crippen LogP contribution >= 0.6 is 0 Å². The van der Waals surface area contributed by atoms with E-state index < -0.39 is 0 Å². The second kappa shape index (κ2) is 5.65. The maximum absolute atomic E-state index is 4.87. The van der Waals surface area contributed by atoms with Crippen LogP contribution in [0.1, 0.15) is 6.92 Å². The van der Waals surface area contributed by atoms with E-state index in [-0.39, 0.29) is 0 Å². The lowest BCUT2D eigenvalue weighted by Gasteiger charge is -2.08. The smallest absolute Gasteiger partial charge is 0.118 e. The SMILES string of the molecule is CCn1nc(-c2ccc[nH]2)c(-c2ccc[nH]2)c1-c1ccccc1. The van der Waals surface area contributed by atoms with Gasteiger partial charge in [0.2, 0.25) is 0 Å². The summed E-state index contributed by atoms with van der Waals surface area (Å²) >= 11 is 0. The molecule has 4 heteroatoms. The van der Waals surface area contributed by atoms with Gasteiger partial charge in [0.25, 0.3) is 0 Å². The molecule has 3 heterocycles. The van der Waals surface area contributed by atoms with Gasteiger partial charge in [-0.2, -0.15) is 5.10 Å². The van der Waals surface area contributed by atoms with Crippen molar-refractivity contribution in [1.82, 2.24) is 19.7 Å². The standard InChI is InChI=1S/C19H18N4/c1-2-23-19(14-8-4-3-5-9-14)17(15-10-6-12-20-15)18(22-23)16-11-7-13-21-16/h3-13,20-21H,2H2,1H3. The van der Waals surface area contributed by atoms with Gasteiger partial charge in [-0.25, -0.2) is 0 Å². The van der Waals surface area contributed by atoms with Crippen molar-refractivity contribution < 1.29 is 0 Å². The minimum absolute atomic E-state index is 0.818. The van der Waals surface area contributed by atoms with Crippen LogP contribution in [-0.4, -0.2) is 19.7 Å². The molecule has 0 aliphatic rings. The van der Waals surface area contributed by atoms with Crippen molar-refractivity contribution in [1.29, 1.82) is 0 Å². The third-order valence-corrected chi connectivity index (χ3v) is 4.02. The lowest BCUT2D eigenvalue weighted by molar-refractivity contribution is 0.669. The molecule has 0 unspecified atom stereocenters. The normalized spacial score (nSPS) is 11.0. The molecule has 0 aliphatic carbocycles. The first-order chi connectivity index (χ1) is 11.4. The first-order valence-electron chi connectivity index (χ1n) is 7.82. The summed E-state index contributed by atoms with van der Waals surface area (Å²) in [5.41, 5.74) is 6.51. The first-order valence-corrected chi connectivity index (χ1v) is 7.82. The topological polar surface area (TPSA) is 49.4 Å². The third kappa shape index (κ3) is 2.28. The summed E-state index contributed by atoms with van der Waals surface area (Å²) in [6.45, 7) is 2.94. The van der Waals surface area contributed by atoms with Crippen molar-refractivity contribution in [2.24, 2.45) is 0 Å². The summed E-state index contributed by atoms with van der Waals surface area (Å²) < 4.78 is 2.07. The van der Waals surface area contributed by atoms with Gasteiger partial charge in [0, 0.05) is 30.2 Å². The molecular formula is C19H18N4.